The third kappa shape index (κ3) is 8.20. The highest BCUT2D eigenvalue weighted by Gasteiger charge is 2.26. The maximum absolute atomic E-state index is 11.1. The number of nitrogens with zero attached hydrogens (tertiary/aromatic N) is 1. The number of hydrogen-bond acceptors (Lipinski definition) is 6. The fraction of sp³-hybridized carbons (Fsp3) is 0.556. The number of aromatic hydroxyl groups is 2. The number of phenols is 2. The van der Waals surface area contributed by atoms with Crippen molar-refractivity contribution in [1.82, 2.24) is 10.2 Å². The van der Waals surface area contributed by atoms with E-state index >= 15 is 0 Å². The monoisotopic (exact) mass is 504 g/mol. The second-order valence-electron chi connectivity index (χ2n) is 9.54. The standard InChI is InChI=1S/C27H40N2O5S/c1-2-18-29(23-10-13-25-22(20-23)9-14-26(30)27(25)31)19-6-4-3-5-16-28-17-15-21-7-11-24(12-8-21)35(32,33)34/h7-9,11-12,14,23,28,30-31H,2-6,10,13,15-20H2,1H3,(H,32,33,34)/t23-/m0/s1. The fourth-order valence-electron chi connectivity index (χ4n) is 4.98. The van der Waals surface area contributed by atoms with Gasteiger partial charge in [0.1, 0.15) is 0 Å². The lowest BCUT2D eigenvalue weighted by Gasteiger charge is -2.35. The smallest absolute Gasteiger partial charge is 0.294 e. The van der Waals surface area contributed by atoms with Gasteiger partial charge in [-0.05, 0) is 100 Å². The molecule has 0 unspecified atom stereocenters. The number of hydrogen-bond donors (Lipinski definition) is 4. The third-order valence-corrected chi connectivity index (χ3v) is 7.80. The zero-order chi connectivity index (χ0) is 25.3. The number of nitrogens with one attached hydrogen (secondary N) is 1. The Bertz CT molecular complexity index is 1040. The highest BCUT2D eigenvalue weighted by molar-refractivity contribution is 7.85. The van der Waals surface area contributed by atoms with E-state index in [0.29, 0.717) is 6.04 Å². The molecule has 0 saturated heterocycles. The number of unbranched alkanes of at least 4 members (excludes halogenated alkanes) is 3. The molecule has 1 aliphatic carbocycles. The first-order valence-corrected chi connectivity index (χ1v) is 14.3. The van der Waals surface area contributed by atoms with Crippen LogP contribution in [-0.2, 0) is 29.4 Å². The van der Waals surface area contributed by atoms with Crippen molar-refractivity contribution >= 4 is 10.1 Å². The molecule has 2 aromatic rings. The van der Waals surface area contributed by atoms with Crippen LogP contribution in [0.2, 0.25) is 0 Å². The van der Waals surface area contributed by atoms with Crippen molar-refractivity contribution in [1.29, 1.82) is 0 Å². The van der Waals surface area contributed by atoms with Crippen LogP contribution >= 0.6 is 0 Å². The van der Waals surface area contributed by atoms with Gasteiger partial charge in [-0.25, -0.2) is 0 Å². The third-order valence-electron chi connectivity index (χ3n) is 6.93. The molecular weight excluding hydrogens is 464 g/mol. The van der Waals surface area contributed by atoms with Gasteiger partial charge in [0.2, 0.25) is 0 Å². The van der Waals surface area contributed by atoms with Crippen LogP contribution < -0.4 is 5.32 Å². The van der Waals surface area contributed by atoms with E-state index in [1.165, 1.54) is 31.4 Å². The molecule has 0 saturated carbocycles. The van der Waals surface area contributed by atoms with E-state index < -0.39 is 10.1 Å². The Labute approximate surface area is 209 Å². The van der Waals surface area contributed by atoms with Crippen molar-refractivity contribution in [3.05, 3.63) is 53.1 Å². The Hall–Kier alpha value is -2.13. The summed E-state index contributed by atoms with van der Waals surface area (Å²) in [7, 11) is -4.13. The van der Waals surface area contributed by atoms with Crippen molar-refractivity contribution in [2.45, 2.75) is 75.6 Å². The van der Waals surface area contributed by atoms with Gasteiger partial charge in [0.05, 0.1) is 4.90 Å². The first-order valence-electron chi connectivity index (χ1n) is 12.8. The minimum absolute atomic E-state index is 0.0172. The van der Waals surface area contributed by atoms with E-state index in [9.17, 15) is 18.6 Å². The predicted octanol–water partition coefficient (Wildman–Crippen LogP) is 4.31. The molecule has 1 aliphatic rings. The zero-order valence-electron chi connectivity index (χ0n) is 20.7. The molecule has 7 nitrogen and oxygen atoms in total. The number of phenolic OH excluding ortho intramolecular Hbond substituents is 2. The predicted molar refractivity (Wildman–Crippen MR) is 139 cm³/mol. The molecule has 8 heteroatoms. The average Bonchev–Trinajstić information content (AvgIpc) is 2.84. The van der Waals surface area contributed by atoms with E-state index in [4.69, 9.17) is 4.55 Å². The summed E-state index contributed by atoms with van der Waals surface area (Å²) in [5.41, 5.74) is 3.12. The molecule has 0 amide bonds. The Kier molecular flexibility index (Phi) is 10.4. The van der Waals surface area contributed by atoms with Crippen LogP contribution in [0.15, 0.2) is 41.3 Å². The van der Waals surface area contributed by atoms with Crippen molar-refractivity contribution in [3.63, 3.8) is 0 Å². The second kappa shape index (κ2) is 13.3. The van der Waals surface area contributed by atoms with Crippen LogP contribution in [0, 0.1) is 0 Å². The van der Waals surface area contributed by atoms with Gasteiger partial charge in [-0.1, -0.05) is 38.0 Å². The SMILES string of the molecule is CCCN(CCCCCCNCCc1ccc(S(=O)(=O)O)cc1)[C@H]1CCc2c(ccc(O)c2O)C1. The van der Waals surface area contributed by atoms with Crippen molar-refractivity contribution in [2.24, 2.45) is 0 Å². The molecule has 3 rings (SSSR count). The molecule has 35 heavy (non-hydrogen) atoms. The summed E-state index contributed by atoms with van der Waals surface area (Å²) in [5.74, 6) is 0.0445. The van der Waals surface area contributed by atoms with Crippen LogP contribution in [0.5, 0.6) is 11.5 Å². The fourth-order valence-corrected chi connectivity index (χ4v) is 5.46. The maximum atomic E-state index is 11.1. The summed E-state index contributed by atoms with van der Waals surface area (Å²) in [4.78, 5) is 2.54. The minimum atomic E-state index is -4.13. The van der Waals surface area contributed by atoms with Gasteiger partial charge >= 0.3 is 0 Å². The second-order valence-corrected chi connectivity index (χ2v) is 11.0. The lowest BCUT2D eigenvalue weighted by atomic mass is 9.86. The molecule has 2 aromatic carbocycles. The summed E-state index contributed by atoms with van der Waals surface area (Å²) < 4.78 is 31.2. The van der Waals surface area contributed by atoms with Crippen molar-refractivity contribution in [2.75, 3.05) is 26.2 Å². The van der Waals surface area contributed by atoms with E-state index in [-0.39, 0.29) is 16.4 Å². The van der Waals surface area contributed by atoms with Gasteiger partial charge in [-0.15, -0.1) is 0 Å². The van der Waals surface area contributed by atoms with Gasteiger partial charge in [-0.3, -0.25) is 4.55 Å². The Morgan fingerprint density at radius 2 is 1.71 bits per heavy atom. The van der Waals surface area contributed by atoms with Gasteiger partial charge in [0.25, 0.3) is 10.1 Å². The summed E-state index contributed by atoms with van der Waals surface area (Å²) >= 11 is 0. The first-order chi connectivity index (χ1) is 16.8. The molecule has 1 atom stereocenters. The molecule has 0 fully saturated rings. The highest BCUT2D eigenvalue weighted by atomic mass is 32.2. The lowest BCUT2D eigenvalue weighted by Crippen LogP contribution is -2.40. The number of fused-ring (bicyclic) bond motifs is 1. The van der Waals surface area contributed by atoms with Gasteiger partial charge in [-0.2, -0.15) is 8.42 Å². The molecule has 0 aliphatic heterocycles. The highest BCUT2D eigenvalue weighted by Crippen LogP contribution is 2.36. The topological polar surface area (TPSA) is 110 Å². The van der Waals surface area contributed by atoms with Crippen LogP contribution in [0.25, 0.3) is 0 Å². The Morgan fingerprint density at radius 3 is 2.43 bits per heavy atom. The molecule has 0 spiro atoms. The number of rotatable bonds is 14. The molecule has 0 aromatic heterocycles. The van der Waals surface area contributed by atoms with Crippen LogP contribution in [0.3, 0.4) is 0 Å². The van der Waals surface area contributed by atoms with E-state index in [1.807, 2.05) is 6.07 Å². The van der Waals surface area contributed by atoms with Crippen molar-refractivity contribution < 1.29 is 23.2 Å². The van der Waals surface area contributed by atoms with E-state index in [0.717, 1.165) is 81.4 Å². The minimum Gasteiger partial charge on any atom is -0.504 e. The molecule has 0 radical (unpaired) electrons. The normalized spacial score (nSPS) is 15.9. The summed E-state index contributed by atoms with van der Waals surface area (Å²) in [6, 6.07) is 10.4. The van der Waals surface area contributed by atoms with Gasteiger partial charge in [0, 0.05) is 11.6 Å². The molecule has 0 bridgehead atoms. The van der Waals surface area contributed by atoms with Crippen LogP contribution in [-0.4, -0.2) is 60.3 Å². The summed E-state index contributed by atoms with van der Waals surface area (Å²) in [5, 5.41) is 23.4. The van der Waals surface area contributed by atoms with E-state index in [1.54, 1.807) is 18.2 Å². The van der Waals surface area contributed by atoms with Gasteiger partial charge in [0.15, 0.2) is 11.5 Å². The quantitative estimate of drug-likeness (QED) is 0.172. The summed E-state index contributed by atoms with van der Waals surface area (Å²) in [6.07, 6.45) is 9.44. The largest absolute Gasteiger partial charge is 0.504 e. The molecule has 194 valence electrons. The number of benzene rings is 2. The lowest BCUT2D eigenvalue weighted by molar-refractivity contribution is 0.175. The van der Waals surface area contributed by atoms with E-state index in [2.05, 4.69) is 17.1 Å². The van der Waals surface area contributed by atoms with Crippen LogP contribution in [0.4, 0.5) is 0 Å². The molecular formula is C27H40N2O5S. The average molecular weight is 505 g/mol. The Morgan fingerprint density at radius 1 is 0.971 bits per heavy atom. The van der Waals surface area contributed by atoms with Crippen LogP contribution in [0.1, 0.15) is 62.1 Å². The molecule has 0 heterocycles. The maximum Gasteiger partial charge on any atom is 0.294 e. The molecule has 4 N–H and O–H groups in total. The zero-order valence-corrected chi connectivity index (χ0v) is 21.6. The van der Waals surface area contributed by atoms with Gasteiger partial charge < -0.3 is 20.4 Å². The Balaban J connectivity index is 1.30. The van der Waals surface area contributed by atoms with Crippen molar-refractivity contribution in [3.8, 4) is 11.5 Å². The summed E-state index contributed by atoms with van der Waals surface area (Å²) in [6.45, 7) is 6.23. The first kappa shape index (κ1) is 27.5.